The molecule has 1 aromatic heterocycles. The highest BCUT2D eigenvalue weighted by Crippen LogP contribution is 2.35. The first-order valence-electron chi connectivity index (χ1n) is 6.90. The van der Waals surface area contributed by atoms with Gasteiger partial charge in [0.25, 0.3) is 5.91 Å². The lowest BCUT2D eigenvalue weighted by molar-refractivity contribution is -0.310. The van der Waals surface area contributed by atoms with E-state index in [0.29, 0.717) is 11.3 Å². The summed E-state index contributed by atoms with van der Waals surface area (Å²) in [5, 5.41) is 11.4. The van der Waals surface area contributed by atoms with E-state index in [1.807, 2.05) is 43.8 Å². The summed E-state index contributed by atoms with van der Waals surface area (Å²) in [7, 11) is 1.87. The Morgan fingerprint density at radius 3 is 2.68 bits per heavy atom. The van der Waals surface area contributed by atoms with Crippen LogP contribution >= 0.6 is 24.0 Å². The number of thiocarbonyl (C=S) groups is 1. The van der Waals surface area contributed by atoms with Crippen molar-refractivity contribution in [3.63, 3.8) is 0 Å². The molecule has 0 spiro atoms. The molecular weight excluding hydrogens is 320 g/mol. The summed E-state index contributed by atoms with van der Waals surface area (Å²) in [6.45, 7) is 3.79. The Hall–Kier alpha value is -1.60. The molecule has 22 heavy (non-hydrogen) atoms. The summed E-state index contributed by atoms with van der Waals surface area (Å²) in [6.07, 6.45) is 3.91. The lowest BCUT2D eigenvalue weighted by atomic mass is 10.0. The molecule has 0 aromatic carbocycles. The van der Waals surface area contributed by atoms with Crippen molar-refractivity contribution in [2.75, 3.05) is 0 Å². The topological polar surface area (TPSA) is 65.4 Å². The summed E-state index contributed by atoms with van der Waals surface area (Å²) < 4.78 is 2.14. The van der Waals surface area contributed by atoms with Crippen molar-refractivity contribution in [2.24, 2.45) is 13.0 Å². The Labute approximate surface area is 139 Å². The van der Waals surface area contributed by atoms with E-state index in [-0.39, 0.29) is 16.1 Å². The number of aliphatic carboxylic acids is 1. The summed E-state index contributed by atoms with van der Waals surface area (Å²) in [4.78, 5) is 25.5. The molecule has 1 amide bonds. The van der Waals surface area contributed by atoms with Crippen LogP contribution in [-0.4, -0.2) is 31.7 Å². The molecule has 2 rings (SSSR count). The van der Waals surface area contributed by atoms with Gasteiger partial charge in [-0.1, -0.05) is 37.8 Å². The van der Waals surface area contributed by atoms with E-state index in [9.17, 15) is 14.7 Å². The largest absolute Gasteiger partial charge is 0.548 e. The highest BCUT2D eigenvalue weighted by molar-refractivity contribution is 8.26. The number of nitrogens with zero attached hydrogens (tertiary/aromatic N) is 2. The van der Waals surface area contributed by atoms with Gasteiger partial charge in [-0.2, -0.15) is 0 Å². The molecule has 0 unspecified atom stereocenters. The van der Waals surface area contributed by atoms with Crippen LogP contribution in [0.15, 0.2) is 23.2 Å². The van der Waals surface area contributed by atoms with Crippen molar-refractivity contribution in [3.8, 4) is 0 Å². The minimum Gasteiger partial charge on any atom is -0.548 e. The van der Waals surface area contributed by atoms with Gasteiger partial charge in [-0.25, -0.2) is 0 Å². The van der Waals surface area contributed by atoms with E-state index >= 15 is 0 Å². The Kier molecular flexibility index (Phi) is 5.08. The molecule has 1 aliphatic heterocycles. The van der Waals surface area contributed by atoms with Gasteiger partial charge in [-0.15, -0.1) is 0 Å². The van der Waals surface area contributed by atoms with Gasteiger partial charge in [0, 0.05) is 18.9 Å². The first-order chi connectivity index (χ1) is 10.3. The van der Waals surface area contributed by atoms with Crippen LogP contribution in [0.2, 0.25) is 0 Å². The van der Waals surface area contributed by atoms with E-state index in [1.54, 1.807) is 6.08 Å². The van der Waals surface area contributed by atoms with Gasteiger partial charge in [0.15, 0.2) is 0 Å². The smallest absolute Gasteiger partial charge is 0.266 e. The van der Waals surface area contributed by atoms with E-state index in [2.05, 4.69) is 0 Å². The lowest BCUT2D eigenvalue weighted by Crippen LogP contribution is -2.50. The second-order valence-corrected chi connectivity index (χ2v) is 7.24. The first kappa shape index (κ1) is 16.8. The molecule has 0 radical (unpaired) electrons. The van der Waals surface area contributed by atoms with Crippen LogP contribution in [0.25, 0.3) is 6.08 Å². The highest BCUT2D eigenvalue weighted by atomic mass is 32.2. The number of rotatable bonds is 5. The second-order valence-electron chi connectivity index (χ2n) is 5.56. The van der Waals surface area contributed by atoms with Gasteiger partial charge >= 0.3 is 0 Å². The number of amides is 1. The van der Waals surface area contributed by atoms with Crippen molar-refractivity contribution in [1.82, 2.24) is 9.47 Å². The number of carboxylic acids is 1. The summed E-state index contributed by atoms with van der Waals surface area (Å²) in [6, 6.07) is 2.72. The molecule has 0 bridgehead atoms. The SMILES string of the molecule is CC(C)C[C@@H](C(=O)[O-])N1C(=O)/C(=C\c2cccn2C)SC1=S. The van der Waals surface area contributed by atoms with E-state index < -0.39 is 12.0 Å². The molecule has 0 saturated carbocycles. The van der Waals surface area contributed by atoms with E-state index in [0.717, 1.165) is 17.5 Å². The molecule has 0 N–H and O–H groups in total. The van der Waals surface area contributed by atoms with Crippen molar-refractivity contribution >= 4 is 46.3 Å². The van der Waals surface area contributed by atoms with E-state index in [1.165, 1.54) is 4.90 Å². The fourth-order valence-corrected chi connectivity index (χ4v) is 3.60. The standard InChI is InChI=1S/C15H18N2O3S2/c1-9(2)7-11(14(19)20)17-13(18)12(22-15(17)21)8-10-5-4-6-16(10)3/h4-6,8-9,11H,7H2,1-3H3,(H,19,20)/p-1/b12-8+/t11-/m0/s1. The third-order valence-electron chi connectivity index (χ3n) is 3.36. The van der Waals surface area contributed by atoms with Crippen LogP contribution in [0, 0.1) is 5.92 Å². The lowest BCUT2D eigenvalue weighted by Gasteiger charge is -2.28. The van der Waals surface area contributed by atoms with Gasteiger partial charge in [-0.05, 0) is 30.5 Å². The maximum atomic E-state index is 12.5. The molecule has 1 aliphatic rings. The maximum absolute atomic E-state index is 12.5. The predicted molar refractivity (Wildman–Crippen MR) is 88.7 cm³/mol. The number of carbonyl (C=O) groups excluding carboxylic acids is 2. The molecule has 1 fully saturated rings. The molecule has 118 valence electrons. The predicted octanol–water partition coefficient (Wildman–Crippen LogP) is 1.39. The average Bonchev–Trinajstić information content (AvgIpc) is 2.93. The Morgan fingerprint density at radius 2 is 2.18 bits per heavy atom. The Balaban J connectivity index is 2.30. The summed E-state index contributed by atoms with van der Waals surface area (Å²) in [5.41, 5.74) is 0.856. The number of aryl methyl sites for hydroxylation is 1. The number of thioether (sulfide) groups is 1. The molecule has 1 aromatic rings. The third-order valence-corrected chi connectivity index (χ3v) is 4.70. The molecule has 5 nitrogen and oxygen atoms in total. The number of carbonyl (C=O) groups is 2. The monoisotopic (exact) mass is 337 g/mol. The minimum absolute atomic E-state index is 0.115. The van der Waals surface area contributed by atoms with Crippen LogP contribution in [0.5, 0.6) is 0 Å². The van der Waals surface area contributed by atoms with Crippen molar-refractivity contribution < 1.29 is 14.7 Å². The van der Waals surface area contributed by atoms with Crippen LogP contribution in [-0.2, 0) is 16.6 Å². The molecule has 0 aliphatic carbocycles. The molecule has 7 heteroatoms. The van der Waals surface area contributed by atoms with Crippen molar-refractivity contribution in [2.45, 2.75) is 26.3 Å². The number of aromatic nitrogens is 1. The van der Waals surface area contributed by atoms with Crippen LogP contribution in [0.3, 0.4) is 0 Å². The fraction of sp³-hybridized carbons (Fsp3) is 0.400. The van der Waals surface area contributed by atoms with E-state index in [4.69, 9.17) is 12.2 Å². The van der Waals surface area contributed by atoms with Gasteiger partial charge in [-0.3, -0.25) is 9.69 Å². The fourth-order valence-electron chi connectivity index (χ4n) is 2.26. The second kappa shape index (κ2) is 6.66. The summed E-state index contributed by atoms with van der Waals surface area (Å²) >= 11 is 6.33. The van der Waals surface area contributed by atoms with Crippen molar-refractivity contribution in [1.29, 1.82) is 0 Å². The van der Waals surface area contributed by atoms with Crippen molar-refractivity contribution in [3.05, 3.63) is 28.9 Å². The number of hydrogen-bond acceptors (Lipinski definition) is 5. The quantitative estimate of drug-likeness (QED) is 0.600. The zero-order valence-electron chi connectivity index (χ0n) is 12.6. The minimum atomic E-state index is -1.27. The van der Waals surface area contributed by atoms with Crippen LogP contribution < -0.4 is 5.11 Å². The maximum Gasteiger partial charge on any atom is 0.266 e. The molecule has 1 saturated heterocycles. The average molecular weight is 337 g/mol. The Bertz CT molecular complexity index is 649. The molecule has 1 atom stereocenters. The third kappa shape index (κ3) is 3.41. The Morgan fingerprint density at radius 1 is 1.50 bits per heavy atom. The van der Waals surface area contributed by atoms with Gasteiger partial charge in [0.05, 0.1) is 16.9 Å². The van der Waals surface area contributed by atoms with Crippen LogP contribution in [0.1, 0.15) is 26.0 Å². The van der Waals surface area contributed by atoms with Gasteiger partial charge in [0.2, 0.25) is 0 Å². The number of hydrogen-bond donors (Lipinski definition) is 0. The van der Waals surface area contributed by atoms with Gasteiger partial charge < -0.3 is 14.5 Å². The first-order valence-corrected chi connectivity index (χ1v) is 8.13. The number of carboxylic acid groups (broad SMARTS) is 1. The highest BCUT2D eigenvalue weighted by Gasteiger charge is 2.38. The summed E-state index contributed by atoms with van der Waals surface area (Å²) in [5.74, 6) is -1.53. The zero-order valence-corrected chi connectivity index (χ0v) is 14.2. The van der Waals surface area contributed by atoms with Gasteiger partial charge in [0.1, 0.15) is 4.32 Å². The zero-order chi connectivity index (χ0) is 16.4. The molecular formula is C15H17N2O3S2-. The normalized spacial score (nSPS) is 18.5. The van der Waals surface area contributed by atoms with Crippen LogP contribution in [0.4, 0.5) is 0 Å². The molecule has 2 heterocycles.